The molecule has 1 fully saturated rings. The molecule has 0 saturated carbocycles. The van der Waals surface area contributed by atoms with Gasteiger partial charge in [-0.05, 0) is 34.2 Å². The van der Waals surface area contributed by atoms with Crippen molar-refractivity contribution < 1.29 is 13.3 Å². The van der Waals surface area contributed by atoms with Crippen LogP contribution in [-0.2, 0) is 26.8 Å². The van der Waals surface area contributed by atoms with Crippen LogP contribution in [0.3, 0.4) is 0 Å². The monoisotopic (exact) mass is 389 g/mol. The molecule has 0 aliphatic carbocycles. The van der Waals surface area contributed by atoms with Crippen molar-refractivity contribution in [1.29, 1.82) is 0 Å². The third kappa shape index (κ3) is 4.55. The Labute approximate surface area is 161 Å². The first-order valence-corrected chi connectivity index (χ1v) is 10.6. The molecule has 2 aromatic rings. The molecule has 1 aromatic carbocycles. The van der Waals surface area contributed by atoms with Crippen molar-refractivity contribution in [1.82, 2.24) is 14.8 Å². The second-order valence-corrected chi connectivity index (χ2v) is 9.90. The normalized spacial score (nSPS) is 21.5. The van der Waals surface area contributed by atoms with Gasteiger partial charge in [-0.1, -0.05) is 45.0 Å². The first kappa shape index (κ1) is 19.9. The third-order valence-electron chi connectivity index (χ3n) is 4.93. The van der Waals surface area contributed by atoms with Crippen molar-refractivity contribution >= 4 is 10.0 Å². The van der Waals surface area contributed by atoms with Crippen LogP contribution in [-0.4, -0.2) is 37.4 Å². The van der Waals surface area contributed by atoms with Crippen molar-refractivity contribution in [3.8, 4) is 0 Å². The Balaban J connectivity index is 1.80. The minimum absolute atomic E-state index is 0.0498. The molecule has 0 amide bonds. The zero-order valence-electron chi connectivity index (χ0n) is 16.2. The Kier molecular flexibility index (Phi) is 5.67. The van der Waals surface area contributed by atoms with E-state index in [1.54, 1.807) is 36.6 Å². The lowest BCUT2D eigenvalue weighted by atomic mass is 9.86. The van der Waals surface area contributed by atoms with E-state index in [2.05, 4.69) is 42.6 Å². The third-order valence-corrected chi connectivity index (χ3v) is 6.67. The number of rotatable bonds is 5. The maximum Gasteiger partial charge on any atom is 0.219 e. The molecule has 7 heteroatoms. The van der Waals surface area contributed by atoms with E-state index in [1.807, 2.05) is 12.1 Å². The van der Waals surface area contributed by atoms with Crippen LogP contribution in [0.2, 0.25) is 0 Å². The maximum absolute atomic E-state index is 12.9. The summed E-state index contributed by atoms with van der Waals surface area (Å²) in [4.78, 5) is 9.52. The summed E-state index contributed by atoms with van der Waals surface area (Å²) >= 11 is 0. The molecule has 0 spiro atoms. The van der Waals surface area contributed by atoms with Crippen molar-refractivity contribution in [2.75, 3.05) is 13.7 Å². The number of hydrogen-bond acceptors (Lipinski definition) is 5. The van der Waals surface area contributed by atoms with E-state index < -0.39 is 15.3 Å². The molecule has 1 N–H and O–H groups in total. The average molecular weight is 390 g/mol. The molecule has 3 rings (SSSR count). The molecule has 2 heterocycles. The molecular weight excluding hydrogens is 362 g/mol. The fraction of sp³-hybridized carbons (Fsp3) is 0.450. The quantitative estimate of drug-likeness (QED) is 0.851. The lowest BCUT2D eigenvalue weighted by molar-refractivity contribution is -0.110. The minimum atomic E-state index is -3.56. The molecule has 0 radical (unpaired) electrons. The van der Waals surface area contributed by atoms with Gasteiger partial charge in [-0.15, -0.1) is 0 Å². The summed E-state index contributed by atoms with van der Waals surface area (Å²) in [5, 5.41) is 0.965. The van der Waals surface area contributed by atoms with E-state index in [9.17, 15) is 8.42 Å². The molecule has 2 unspecified atom stereocenters. The molecule has 146 valence electrons. The van der Waals surface area contributed by atoms with Crippen LogP contribution in [0, 0.1) is 0 Å². The van der Waals surface area contributed by atoms with Gasteiger partial charge in [-0.2, -0.15) is 5.06 Å². The largest absolute Gasteiger partial charge is 0.297 e. The number of nitrogens with one attached hydrogen (secondary N) is 1. The molecule has 1 saturated heterocycles. The summed E-state index contributed by atoms with van der Waals surface area (Å²) in [6, 6.07) is 11.4. The zero-order chi connectivity index (χ0) is 19.7. The highest BCUT2D eigenvalue weighted by Gasteiger charge is 2.43. The highest BCUT2D eigenvalue weighted by atomic mass is 32.2. The van der Waals surface area contributed by atoms with Crippen molar-refractivity contribution in [3.05, 3.63) is 65.5 Å². The van der Waals surface area contributed by atoms with Gasteiger partial charge in [0.2, 0.25) is 10.0 Å². The second kappa shape index (κ2) is 7.67. The number of hydrogen-bond donors (Lipinski definition) is 1. The van der Waals surface area contributed by atoms with Gasteiger partial charge in [0.25, 0.3) is 0 Å². The number of aromatic nitrogens is 1. The van der Waals surface area contributed by atoms with Crippen LogP contribution >= 0.6 is 0 Å². The first-order valence-electron chi connectivity index (χ1n) is 9.02. The van der Waals surface area contributed by atoms with Gasteiger partial charge in [-0.25, -0.2) is 13.1 Å². The summed E-state index contributed by atoms with van der Waals surface area (Å²) in [7, 11) is -1.79. The first-order chi connectivity index (χ1) is 12.7. The summed E-state index contributed by atoms with van der Waals surface area (Å²) in [6.07, 6.45) is 3.30. The van der Waals surface area contributed by atoms with E-state index in [1.165, 1.54) is 5.56 Å². The smallest absolute Gasteiger partial charge is 0.219 e. The predicted molar refractivity (Wildman–Crippen MR) is 105 cm³/mol. The second-order valence-electron chi connectivity index (χ2n) is 7.92. The Morgan fingerprint density at radius 2 is 1.78 bits per heavy atom. The van der Waals surface area contributed by atoms with E-state index in [0.29, 0.717) is 0 Å². The fourth-order valence-electron chi connectivity index (χ4n) is 3.25. The van der Waals surface area contributed by atoms with Gasteiger partial charge in [-0.3, -0.25) is 9.82 Å². The SMILES string of the molecule is CN1OCC(S(=O)(=O)NCc2ccncc2)C1c1ccc(C(C)(C)C)cc1. The van der Waals surface area contributed by atoms with Gasteiger partial charge in [0.1, 0.15) is 5.25 Å². The van der Waals surface area contributed by atoms with Gasteiger partial charge in [0.05, 0.1) is 12.6 Å². The molecule has 2 atom stereocenters. The molecule has 1 aliphatic heterocycles. The Morgan fingerprint density at radius 3 is 2.37 bits per heavy atom. The van der Waals surface area contributed by atoms with Crippen LogP contribution < -0.4 is 4.72 Å². The number of hydroxylamine groups is 2. The summed E-state index contributed by atoms with van der Waals surface area (Å²) in [5.41, 5.74) is 3.06. The number of benzene rings is 1. The summed E-state index contributed by atoms with van der Waals surface area (Å²) < 4.78 is 28.6. The van der Waals surface area contributed by atoms with Gasteiger partial charge >= 0.3 is 0 Å². The van der Waals surface area contributed by atoms with Gasteiger partial charge < -0.3 is 0 Å². The molecule has 0 bridgehead atoms. The lowest BCUT2D eigenvalue weighted by Gasteiger charge is -2.25. The number of pyridine rings is 1. The van der Waals surface area contributed by atoms with E-state index in [-0.39, 0.29) is 24.6 Å². The van der Waals surface area contributed by atoms with Crippen LogP contribution in [0.25, 0.3) is 0 Å². The number of nitrogens with zero attached hydrogens (tertiary/aromatic N) is 2. The van der Waals surface area contributed by atoms with Crippen molar-refractivity contribution in [2.24, 2.45) is 0 Å². The molecule has 1 aliphatic rings. The standard InChI is InChI=1S/C20H27N3O3S/c1-20(2,3)17-7-5-16(6-8-17)19-18(14-26-23(19)4)27(24,25)22-13-15-9-11-21-12-10-15/h5-12,18-19,22H,13-14H2,1-4H3. The summed E-state index contributed by atoms with van der Waals surface area (Å²) in [6.45, 7) is 6.84. The predicted octanol–water partition coefficient (Wildman–Crippen LogP) is 2.79. The van der Waals surface area contributed by atoms with Crippen molar-refractivity contribution in [3.63, 3.8) is 0 Å². The van der Waals surface area contributed by atoms with Crippen LogP contribution in [0.4, 0.5) is 0 Å². The average Bonchev–Trinajstić information content (AvgIpc) is 3.03. The van der Waals surface area contributed by atoms with E-state index in [0.717, 1.165) is 11.1 Å². The van der Waals surface area contributed by atoms with Gasteiger partial charge in [0, 0.05) is 26.0 Å². The maximum atomic E-state index is 12.9. The molecule has 27 heavy (non-hydrogen) atoms. The van der Waals surface area contributed by atoms with Crippen LogP contribution in [0.5, 0.6) is 0 Å². The van der Waals surface area contributed by atoms with Crippen LogP contribution in [0.15, 0.2) is 48.8 Å². The van der Waals surface area contributed by atoms with Crippen molar-refractivity contribution in [2.45, 2.75) is 44.0 Å². The Bertz CT molecular complexity index is 862. The van der Waals surface area contributed by atoms with E-state index in [4.69, 9.17) is 4.84 Å². The Hall–Kier alpha value is -1.80. The van der Waals surface area contributed by atoms with Gasteiger partial charge in [0.15, 0.2) is 0 Å². The number of sulfonamides is 1. The Morgan fingerprint density at radius 1 is 1.15 bits per heavy atom. The highest BCUT2D eigenvalue weighted by Crippen LogP contribution is 2.34. The minimum Gasteiger partial charge on any atom is -0.297 e. The highest BCUT2D eigenvalue weighted by molar-refractivity contribution is 7.90. The van der Waals surface area contributed by atoms with E-state index >= 15 is 0 Å². The molecule has 6 nitrogen and oxygen atoms in total. The fourth-order valence-corrected chi connectivity index (χ4v) is 4.74. The topological polar surface area (TPSA) is 71.5 Å². The molecular formula is C20H27N3O3S. The van der Waals surface area contributed by atoms with Crippen LogP contribution in [0.1, 0.15) is 43.5 Å². The zero-order valence-corrected chi connectivity index (χ0v) is 17.0. The lowest BCUT2D eigenvalue weighted by Crippen LogP contribution is -2.39. The molecule has 1 aromatic heterocycles. The summed E-state index contributed by atoms with van der Waals surface area (Å²) in [5.74, 6) is 0.